The highest BCUT2D eigenvalue weighted by Crippen LogP contribution is 2.05. The monoisotopic (exact) mass is 128 g/mol. The Morgan fingerprint density at radius 3 is 2.89 bits per heavy atom. The van der Waals surface area contributed by atoms with Crippen LogP contribution in [0, 0.1) is 4.91 Å². The number of carbonyl (C=O) groups excluding carboxylic acids is 1. The van der Waals surface area contributed by atoms with Crippen LogP contribution in [-0.4, -0.2) is 18.5 Å². The molecule has 50 valence electrons. The molecule has 9 heavy (non-hydrogen) atoms. The summed E-state index contributed by atoms with van der Waals surface area (Å²) in [6.07, 6.45) is 1.72. The molecule has 1 atom stereocenters. The molecule has 0 aromatic rings. The molecule has 1 fully saturated rings. The van der Waals surface area contributed by atoms with E-state index in [2.05, 4.69) is 10.5 Å². The van der Waals surface area contributed by atoms with Gasteiger partial charge in [-0.3, -0.25) is 4.79 Å². The summed E-state index contributed by atoms with van der Waals surface area (Å²) < 4.78 is 0. The van der Waals surface area contributed by atoms with Crippen LogP contribution in [0.2, 0.25) is 0 Å². The van der Waals surface area contributed by atoms with Gasteiger partial charge in [-0.25, -0.2) is 0 Å². The largest absolute Gasteiger partial charge is 0.306 e. The van der Waals surface area contributed by atoms with E-state index in [0.717, 1.165) is 19.4 Å². The molecular weight excluding hydrogens is 120 g/mol. The normalized spacial score (nSPS) is 26.0. The molecule has 0 spiro atoms. The Bertz CT molecular complexity index is 129. The molecule has 4 heteroatoms. The van der Waals surface area contributed by atoms with Crippen LogP contribution < -0.4 is 5.32 Å². The fraction of sp³-hybridized carbons (Fsp3) is 0.800. The molecule has 1 N–H and O–H groups in total. The van der Waals surface area contributed by atoms with E-state index in [1.807, 2.05) is 0 Å². The van der Waals surface area contributed by atoms with Gasteiger partial charge in [0, 0.05) is 5.18 Å². The van der Waals surface area contributed by atoms with Gasteiger partial charge in [-0.2, -0.15) is 0 Å². The lowest BCUT2D eigenvalue weighted by Crippen LogP contribution is -2.28. The first kappa shape index (κ1) is 6.35. The maximum absolute atomic E-state index is 10.5. The smallest absolute Gasteiger partial charge is 0.303 e. The van der Waals surface area contributed by atoms with Crippen LogP contribution in [0.1, 0.15) is 12.8 Å². The van der Waals surface area contributed by atoms with Gasteiger partial charge in [0.15, 0.2) is 0 Å². The molecule has 0 saturated carbocycles. The van der Waals surface area contributed by atoms with Gasteiger partial charge < -0.3 is 5.32 Å². The minimum Gasteiger partial charge on any atom is -0.306 e. The summed E-state index contributed by atoms with van der Waals surface area (Å²) in [7, 11) is 0. The maximum Gasteiger partial charge on any atom is 0.303 e. The highest BCUT2D eigenvalue weighted by molar-refractivity contribution is 5.82. The first-order valence-corrected chi connectivity index (χ1v) is 2.95. The Morgan fingerprint density at radius 1 is 1.67 bits per heavy atom. The molecule has 0 aliphatic carbocycles. The molecule has 1 amide bonds. The Labute approximate surface area is 52.6 Å². The van der Waals surface area contributed by atoms with Crippen molar-refractivity contribution in [3.63, 3.8) is 0 Å². The van der Waals surface area contributed by atoms with E-state index in [9.17, 15) is 9.70 Å². The van der Waals surface area contributed by atoms with E-state index in [-0.39, 0.29) is 6.04 Å². The number of hydrogen-bond donors (Lipinski definition) is 1. The first-order valence-electron chi connectivity index (χ1n) is 2.95. The topological polar surface area (TPSA) is 58.5 Å². The van der Waals surface area contributed by atoms with Crippen molar-refractivity contribution in [1.82, 2.24) is 5.32 Å². The lowest BCUT2D eigenvalue weighted by molar-refractivity contribution is -0.119. The summed E-state index contributed by atoms with van der Waals surface area (Å²) in [5, 5.41) is 5.18. The molecule has 0 aromatic carbocycles. The lowest BCUT2D eigenvalue weighted by atomic mass is 10.2. The third-order valence-electron chi connectivity index (χ3n) is 1.45. The van der Waals surface area contributed by atoms with Crippen LogP contribution in [0.4, 0.5) is 0 Å². The number of amides is 1. The Kier molecular flexibility index (Phi) is 1.89. The summed E-state index contributed by atoms with van der Waals surface area (Å²) in [6.45, 7) is 0.825. The van der Waals surface area contributed by atoms with Crippen molar-refractivity contribution in [2.75, 3.05) is 6.54 Å². The van der Waals surface area contributed by atoms with Crippen LogP contribution in [0.3, 0.4) is 0 Å². The lowest BCUT2D eigenvalue weighted by Gasteiger charge is -1.98. The predicted molar refractivity (Wildman–Crippen MR) is 31.8 cm³/mol. The molecule has 1 rings (SSSR count). The quantitative estimate of drug-likeness (QED) is 0.507. The Balaban J connectivity index is 2.41. The van der Waals surface area contributed by atoms with Gasteiger partial charge in [0.05, 0.1) is 6.04 Å². The van der Waals surface area contributed by atoms with Crippen molar-refractivity contribution in [3.05, 3.63) is 4.91 Å². The minimum atomic E-state index is -0.562. The number of nitrogens with zero attached hydrogens (tertiary/aromatic N) is 1. The SMILES string of the molecule is O=NC(=O)[C@@H]1CCCN1. The van der Waals surface area contributed by atoms with Crippen molar-refractivity contribution in [3.8, 4) is 0 Å². The van der Waals surface area contributed by atoms with Crippen LogP contribution in [0.25, 0.3) is 0 Å². The van der Waals surface area contributed by atoms with Crippen molar-refractivity contribution >= 4 is 5.91 Å². The van der Waals surface area contributed by atoms with E-state index >= 15 is 0 Å². The third-order valence-corrected chi connectivity index (χ3v) is 1.45. The van der Waals surface area contributed by atoms with Crippen molar-refractivity contribution in [2.24, 2.45) is 5.18 Å². The fourth-order valence-corrected chi connectivity index (χ4v) is 0.959. The van der Waals surface area contributed by atoms with Gasteiger partial charge in [-0.1, -0.05) is 0 Å². The summed E-state index contributed by atoms with van der Waals surface area (Å²) in [5.41, 5.74) is 0. The van der Waals surface area contributed by atoms with Crippen molar-refractivity contribution < 1.29 is 4.79 Å². The first-order chi connectivity index (χ1) is 4.34. The average Bonchev–Trinajstić information content (AvgIpc) is 2.37. The number of carbonyl (C=O) groups is 1. The second kappa shape index (κ2) is 2.68. The number of rotatable bonds is 1. The molecule has 1 saturated heterocycles. The van der Waals surface area contributed by atoms with Crippen molar-refractivity contribution in [2.45, 2.75) is 18.9 Å². The van der Waals surface area contributed by atoms with Crippen LogP contribution >= 0.6 is 0 Å². The molecular formula is C5H8N2O2. The van der Waals surface area contributed by atoms with Crippen LogP contribution in [0.15, 0.2) is 5.18 Å². The molecule has 1 aliphatic rings. The van der Waals surface area contributed by atoms with E-state index in [1.54, 1.807) is 0 Å². The molecule has 4 nitrogen and oxygen atoms in total. The van der Waals surface area contributed by atoms with Crippen LogP contribution in [-0.2, 0) is 4.79 Å². The summed E-state index contributed by atoms with van der Waals surface area (Å²) >= 11 is 0. The molecule has 0 unspecified atom stereocenters. The summed E-state index contributed by atoms with van der Waals surface area (Å²) in [6, 6.07) is -0.289. The zero-order valence-electron chi connectivity index (χ0n) is 4.96. The maximum atomic E-state index is 10.5. The number of nitrogens with one attached hydrogen (secondary N) is 1. The van der Waals surface area contributed by atoms with E-state index in [4.69, 9.17) is 0 Å². The molecule has 0 radical (unpaired) electrons. The van der Waals surface area contributed by atoms with E-state index in [0.29, 0.717) is 0 Å². The van der Waals surface area contributed by atoms with Gasteiger partial charge in [-0.15, -0.1) is 4.91 Å². The second-order valence-corrected chi connectivity index (χ2v) is 2.08. The predicted octanol–water partition coefficient (Wildman–Crippen LogP) is 0.0314. The zero-order valence-corrected chi connectivity index (χ0v) is 4.96. The van der Waals surface area contributed by atoms with Crippen LogP contribution in [0.5, 0.6) is 0 Å². The van der Waals surface area contributed by atoms with Gasteiger partial charge in [0.25, 0.3) is 0 Å². The van der Waals surface area contributed by atoms with Gasteiger partial charge >= 0.3 is 5.91 Å². The van der Waals surface area contributed by atoms with Gasteiger partial charge in [-0.05, 0) is 19.4 Å². The fourth-order valence-electron chi connectivity index (χ4n) is 0.959. The molecule has 0 bridgehead atoms. The molecule has 1 aliphatic heterocycles. The van der Waals surface area contributed by atoms with Gasteiger partial charge in [0.2, 0.25) is 0 Å². The highest BCUT2D eigenvalue weighted by atomic mass is 16.3. The standard InChI is InChI=1S/C5H8N2O2/c8-5(7-9)4-2-1-3-6-4/h4,6H,1-3H2/t4-/m0/s1. The van der Waals surface area contributed by atoms with Crippen molar-refractivity contribution in [1.29, 1.82) is 0 Å². The number of nitroso groups, excluding NO2 is 1. The molecule has 1 heterocycles. The Hall–Kier alpha value is -0.770. The minimum absolute atomic E-state index is 0.289. The second-order valence-electron chi connectivity index (χ2n) is 2.08. The zero-order chi connectivity index (χ0) is 6.69. The summed E-state index contributed by atoms with van der Waals surface area (Å²) in [5.74, 6) is -0.562. The third kappa shape index (κ3) is 1.32. The Morgan fingerprint density at radius 2 is 2.44 bits per heavy atom. The van der Waals surface area contributed by atoms with Gasteiger partial charge in [0.1, 0.15) is 0 Å². The highest BCUT2D eigenvalue weighted by Gasteiger charge is 2.21. The summed E-state index contributed by atoms with van der Waals surface area (Å²) in [4.78, 5) is 20.1. The number of hydrogen-bond acceptors (Lipinski definition) is 3. The molecule has 0 aromatic heterocycles. The van der Waals surface area contributed by atoms with E-state index in [1.165, 1.54) is 0 Å². The van der Waals surface area contributed by atoms with E-state index < -0.39 is 5.91 Å². The average molecular weight is 128 g/mol.